The minimum atomic E-state index is -0.406. The molecule has 24 heavy (non-hydrogen) atoms. The molecule has 1 atom stereocenters. The minimum Gasteiger partial charge on any atom is -0.310 e. The minimum absolute atomic E-state index is 0.0533. The zero-order valence-corrected chi connectivity index (χ0v) is 13.9. The number of nitro benzene ring substituents is 1. The Hall–Kier alpha value is -2.80. The zero-order valence-electron chi connectivity index (χ0n) is 13.9. The highest BCUT2D eigenvalue weighted by Gasteiger charge is 2.22. The molecule has 1 aromatic heterocycles. The van der Waals surface area contributed by atoms with E-state index in [0.717, 1.165) is 5.69 Å². The highest BCUT2D eigenvalue weighted by molar-refractivity contribution is 5.91. The Kier molecular flexibility index (Phi) is 5.59. The van der Waals surface area contributed by atoms with Crippen molar-refractivity contribution in [2.24, 2.45) is 0 Å². The van der Waals surface area contributed by atoms with E-state index in [2.05, 4.69) is 10.3 Å². The van der Waals surface area contributed by atoms with Gasteiger partial charge in [0.1, 0.15) is 5.82 Å². The van der Waals surface area contributed by atoms with Gasteiger partial charge < -0.3 is 5.32 Å². The standard InChI is InChI=1S/C17H20N4O3/c1-12-7-6-10-16(18-12)19-17(22)11-20(3)13(2)14-8-4-5-9-15(14)21(23)24/h4-10,13H,11H2,1-3H3,(H,18,19,22)/t13-/m1/s1. The van der Waals surface area contributed by atoms with E-state index in [0.29, 0.717) is 11.4 Å². The predicted molar refractivity (Wildman–Crippen MR) is 91.7 cm³/mol. The summed E-state index contributed by atoms with van der Waals surface area (Å²) < 4.78 is 0. The number of carbonyl (C=O) groups is 1. The van der Waals surface area contributed by atoms with Crippen LogP contribution in [0.25, 0.3) is 0 Å². The van der Waals surface area contributed by atoms with Crippen molar-refractivity contribution in [2.45, 2.75) is 19.9 Å². The lowest BCUT2D eigenvalue weighted by molar-refractivity contribution is -0.385. The van der Waals surface area contributed by atoms with Gasteiger partial charge >= 0.3 is 0 Å². The van der Waals surface area contributed by atoms with E-state index in [1.807, 2.05) is 26.0 Å². The van der Waals surface area contributed by atoms with Gasteiger partial charge in [-0.05, 0) is 33.0 Å². The second kappa shape index (κ2) is 7.65. The lowest BCUT2D eigenvalue weighted by atomic mass is 10.1. The van der Waals surface area contributed by atoms with Crippen LogP contribution in [0.3, 0.4) is 0 Å². The van der Waals surface area contributed by atoms with Crippen LogP contribution >= 0.6 is 0 Å². The van der Waals surface area contributed by atoms with Crippen molar-refractivity contribution < 1.29 is 9.72 Å². The third-order valence-corrected chi connectivity index (χ3v) is 3.79. The van der Waals surface area contributed by atoms with Crippen LogP contribution in [0.1, 0.15) is 24.2 Å². The Bertz CT molecular complexity index is 748. The number of aryl methyl sites for hydroxylation is 1. The van der Waals surface area contributed by atoms with E-state index in [4.69, 9.17) is 0 Å². The number of anilines is 1. The van der Waals surface area contributed by atoms with Crippen LogP contribution in [-0.2, 0) is 4.79 Å². The largest absolute Gasteiger partial charge is 0.310 e. The molecule has 0 saturated heterocycles. The Labute approximate surface area is 140 Å². The van der Waals surface area contributed by atoms with Crippen LogP contribution in [0.15, 0.2) is 42.5 Å². The molecule has 0 fully saturated rings. The number of likely N-dealkylation sites (N-methyl/N-ethyl adjacent to an activating group) is 1. The van der Waals surface area contributed by atoms with Crippen molar-refractivity contribution in [1.82, 2.24) is 9.88 Å². The Morgan fingerprint density at radius 3 is 2.67 bits per heavy atom. The predicted octanol–water partition coefficient (Wildman–Crippen LogP) is 2.93. The lowest BCUT2D eigenvalue weighted by Crippen LogP contribution is -2.32. The number of nitrogens with one attached hydrogen (secondary N) is 1. The van der Waals surface area contributed by atoms with E-state index in [1.165, 1.54) is 6.07 Å². The van der Waals surface area contributed by atoms with Crippen LogP contribution in [0.4, 0.5) is 11.5 Å². The molecule has 2 rings (SSSR count). The number of carbonyl (C=O) groups excluding carboxylic acids is 1. The van der Waals surface area contributed by atoms with Crippen LogP contribution in [0.5, 0.6) is 0 Å². The van der Waals surface area contributed by atoms with Gasteiger partial charge in [0.2, 0.25) is 5.91 Å². The van der Waals surface area contributed by atoms with Gasteiger partial charge in [-0.25, -0.2) is 4.98 Å². The third-order valence-electron chi connectivity index (χ3n) is 3.79. The molecule has 0 radical (unpaired) electrons. The number of hydrogen-bond donors (Lipinski definition) is 1. The van der Waals surface area contributed by atoms with E-state index >= 15 is 0 Å². The number of rotatable bonds is 6. The van der Waals surface area contributed by atoms with Gasteiger partial charge in [0.15, 0.2) is 0 Å². The van der Waals surface area contributed by atoms with Gasteiger partial charge in [-0.1, -0.05) is 24.3 Å². The number of para-hydroxylation sites is 1. The fraction of sp³-hybridized carbons (Fsp3) is 0.294. The monoisotopic (exact) mass is 328 g/mol. The molecule has 0 aliphatic heterocycles. The lowest BCUT2D eigenvalue weighted by Gasteiger charge is -2.24. The molecule has 7 heteroatoms. The molecule has 2 aromatic rings. The molecule has 0 aliphatic carbocycles. The van der Waals surface area contributed by atoms with Crippen LogP contribution in [0.2, 0.25) is 0 Å². The summed E-state index contributed by atoms with van der Waals surface area (Å²) in [7, 11) is 1.75. The van der Waals surface area contributed by atoms with Crippen molar-refractivity contribution in [3.63, 3.8) is 0 Å². The molecular formula is C17H20N4O3. The molecule has 1 amide bonds. The number of benzene rings is 1. The summed E-state index contributed by atoms with van der Waals surface area (Å²) in [5, 5.41) is 13.9. The first kappa shape index (κ1) is 17.6. The molecule has 0 unspecified atom stereocenters. The van der Waals surface area contributed by atoms with Gasteiger partial charge in [0.05, 0.1) is 11.5 Å². The first-order chi connectivity index (χ1) is 11.4. The summed E-state index contributed by atoms with van der Waals surface area (Å²) in [6.45, 7) is 3.78. The highest BCUT2D eigenvalue weighted by Crippen LogP contribution is 2.27. The van der Waals surface area contributed by atoms with E-state index in [1.54, 1.807) is 36.2 Å². The fourth-order valence-corrected chi connectivity index (χ4v) is 2.40. The molecule has 1 aromatic carbocycles. The van der Waals surface area contributed by atoms with Gasteiger partial charge in [-0.3, -0.25) is 19.8 Å². The van der Waals surface area contributed by atoms with E-state index in [9.17, 15) is 14.9 Å². The summed E-state index contributed by atoms with van der Waals surface area (Å²) in [6.07, 6.45) is 0. The summed E-state index contributed by atoms with van der Waals surface area (Å²) in [5.41, 5.74) is 1.44. The maximum Gasteiger partial charge on any atom is 0.274 e. The number of nitro groups is 1. The van der Waals surface area contributed by atoms with Gasteiger partial charge in [-0.15, -0.1) is 0 Å². The van der Waals surface area contributed by atoms with Gasteiger partial charge in [0.25, 0.3) is 5.69 Å². The summed E-state index contributed by atoms with van der Waals surface area (Å²) in [6, 6.07) is 11.7. The van der Waals surface area contributed by atoms with Crippen molar-refractivity contribution in [1.29, 1.82) is 0 Å². The molecule has 7 nitrogen and oxygen atoms in total. The van der Waals surface area contributed by atoms with Crippen molar-refractivity contribution in [3.8, 4) is 0 Å². The average molecular weight is 328 g/mol. The quantitative estimate of drug-likeness (QED) is 0.650. The van der Waals surface area contributed by atoms with Crippen molar-refractivity contribution in [3.05, 3.63) is 63.8 Å². The summed E-state index contributed by atoms with van der Waals surface area (Å²) in [4.78, 5) is 28.9. The topological polar surface area (TPSA) is 88.4 Å². The van der Waals surface area contributed by atoms with Gasteiger partial charge in [0, 0.05) is 23.4 Å². The van der Waals surface area contributed by atoms with Crippen LogP contribution in [0, 0.1) is 17.0 Å². The second-order valence-corrected chi connectivity index (χ2v) is 5.62. The number of pyridine rings is 1. The van der Waals surface area contributed by atoms with E-state index in [-0.39, 0.29) is 24.2 Å². The smallest absolute Gasteiger partial charge is 0.274 e. The van der Waals surface area contributed by atoms with Crippen molar-refractivity contribution >= 4 is 17.4 Å². The number of aromatic nitrogens is 1. The fourth-order valence-electron chi connectivity index (χ4n) is 2.40. The summed E-state index contributed by atoms with van der Waals surface area (Å²) in [5.74, 6) is 0.271. The SMILES string of the molecule is Cc1cccc(NC(=O)CN(C)[C@H](C)c2ccccc2[N+](=O)[O-])n1. The third kappa shape index (κ3) is 4.36. The molecule has 0 aliphatic rings. The molecule has 1 N–H and O–H groups in total. The van der Waals surface area contributed by atoms with E-state index < -0.39 is 4.92 Å². The second-order valence-electron chi connectivity index (χ2n) is 5.62. The van der Waals surface area contributed by atoms with Crippen LogP contribution in [-0.4, -0.2) is 34.3 Å². The maximum absolute atomic E-state index is 12.2. The van der Waals surface area contributed by atoms with Crippen LogP contribution < -0.4 is 5.32 Å². The number of nitrogens with zero attached hydrogens (tertiary/aromatic N) is 3. The summed E-state index contributed by atoms with van der Waals surface area (Å²) >= 11 is 0. The first-order valence-electron chi connectivity index (χ1n) is 7.55. The Morgan fingerprint density at radius 2 is 2.00 bits per heavy atom. The maximum atomic E-state index is 12.2. The Balaban J connectivity index is 2.05. The molecule has 0 saturated carbocycles. The molecule has 126 valence electrons. The van der Waals surface area contributed by atoms with Crippen molar-refractivity contribution in [2.75, 3.05) is 18.9 Å². The molecule has 0 bridgehead atoms. The average Bonchev–Trinajstić information content (AvgIpc) is 2.53. The number of amides is 1. The zero-order chi connectivity index (χ0) is 17.7. The molecule has 0 spiro atoms. The van der Waals surface area contributed by atoms with Gasteiger partial charge in [-0.2, -0.15) is 0 Å². The Morgan fingerprint density at radius 1 is 1.29 bits per heavy atom. The normalized spacial score (nSPS) is 12.0. The molecule has 1 heterocycles. The number of hydrogen-bond acceptors (Lipinski definition) is 5. The molecular weight excluding hydrogens is 308 g/mol. The first-order valence-corrected chi connectivity index (χ1v) is 7.55. The highest BCUT2D eigenvalue weighted by atomic mass is 16.6.